The number of rotatable bonds is 4. The third-order valence-electron chi connectivity index (χ3n) is 6.58. The van der Waals surface area contributed by atoms with Crippen molar-refractivity contribution in [3.05, 3.63) is 88.5 Å². The second-order valence-corrected chi connectivity index (χ2v) is 12.6. The SMILES string of the molecule is CC.CC.CC(C)(C)C.CC(C)c1cc(C(C)C)c(B2c3ccccc3Cc3ccccc32)c(C(C)C)c1. The van der Waals surface area contributed by atoms with Gasteiger partial charge in [0.15, 0.2) is 0 Å². The van der Waals surface area contributed by atoms with E-state index in [4.69, 9.17) is 0 Å². The molecule has 3 aromatic rings. The molecule has 0 saturated carbocycles. The Morgan fingerprint density at radius 2 is 0.921 bits per heavy atom. The average Bonchev–Trinajstić information content (AvgIpc) is 2.87. The van der Waals surface area contributed by atoms with Crippen LogP contribution in [-0.4, -0.2) is 6.71 Å². The molecule has 0 radical (unpaired) electrons. The highest BCUT2D eigenvalue weighted by atomic mass is 14.2. The Balaban J connectivity index is 0.000000709. The van der Waals surface area contributed by atoms with E-state index < -0.39 is 0 Å². The van der Waals surface area contributed by atoms with Crippen molar-refractivity contribution in [2.24, 2.45) is 5.41 Å². The minimum atomic E-state index is 0.326. The second kappa shape index (κ2) is 15.3. The Labute approximate surface area is 237 Å². The van der Waals surface area contributed by atoms with Crippen molar-refractivity contribution in [1.82, 2.24) is 0 Å². The summed E-state index contributed by atoms with van der Waals surface area (Å²) < 4.78 is 0. The number of hydrogen-bond acceptors (Lipinski definition) is 0. The van der Waals surface area contributed by atoms with E-state index in [-0.39, 0.29) is 0 Å². The first-order valence-corrected chi connectivity index (χ1v) is 15.2. The summed E-state index contributed by atoms with van der Waals surface area (Å²) in [6, 6.07) is 23.2. The molecule has 0 aromatic heterocycles. The van der Waals surface area contributed by atoms with Gasteiger partial charge in [-0.2, -0.15) is 0 Å². The molecule has 0 saturated heterocycles. The number of benzene rings is 3. The van der Waals surface area contributed by atoms with Crippen LogP contribution in [0.4, 0.5) is 0 Å². The summed E-state index contributed by atoms with van der Waals surface area (Å²) in [6.07, 6.45) is 1.04. The van der Waals surface area contributed by atoms with Crippen molar-refractivity contribution in [3.8, 4) is 0 Å². The maximum Gasteiger partial charge on any atom is 0.242 e. The molecule has 1 aliphatic rings. The van der Waals surface area contributed by atoms with Crippen molar-refractivity contribution in [2.75, 3.05) is 0 Å². The van der Waals surface area contributed by atoms with Gasteiger partial charge >= 0.3 is 0 Å². The van der Waals surface area contributed by atoms with E-state index >= 15 is 0 Å². The van der Waals surface area contributed by atoms with E-state index in [0.717, 1.165) is 6.42 Å². The summed E-state index contributed by atoms with van der Waals surface area (Å²) in [5, 5.41) is 0. The number of hydrogen-bond donors (Lipinski definition) is 0. The lowest BCUT2D eigenvalue weighted by molar-refractivity contribution is 0.469. The Morgan fingerprint density at radius 3 is 1.24 bits per heavy atom. The first kappa shape index (κ1) is 33.8. The zero-order chi connectivity index (χ0) is 29.2. The summed E-state index contributed by atoms with van der Waals surface area (Å²) in [5.74, 6) is 1.55. The normalized spacial score (nSPS) is 12.0. The lowest BCUT2D eigenvalue weighted by Gasteiger charge is -2.32. The number of fused-ring (bicyclic) bond motifs is 2. The van der Waals surface area contributed by atoms with Gasteiger partial charge in [-0.25, -0.2) is 0 Å². The van der Waals surface area contributed by atoms with Crippen LogP contribution in [0, 0.1) is 5.41 Å². The highest BCUT2D eigenvalue weighted by molar-refractivity contribution is 6.97. The molecule has 0 atom stereocenters. The molecule has 0 nitrogen and oxygen atoms in total. The minimum absolute atomic E-state index is 0.326. The maximum atomic E-state index is 2.50. The molecule has 3 aromatic carbocycles. The van der Waals surface area contributed by atoms with Gasteiger partial charge in [0.05, 0.1) is 0 Å². The first-order chi connectivity index (χ1) is 17.9. The van der Waals surface area contributed by atoms with Gasteiger partial charge in [-0.1, -0.05) is 174 Å². The van der Waals surface area contributed by atoms with Gasteiger partial charge < -0.3 is 0 Å². The molecular formula is C37H57B. The van der Waals surface area contributed by atoms with Gasteiger partial charge in [-0.15, -0.1) is 0 Å². The topological polar surface area (TPSA) is 0 Å². The van der Waals surface area contributed by atoms with Crippen LogP contribution in [0.25, 0.3) is 0 Å². The zero-order valence-electron chi connectivity index (χ0n) is 27.3. The molecule has 0 spiro atoms. The standard InChI is InChI=1S/C28H33B.C5H12.2C2H6/c1-18(2)23-16-24(19(3)4)28(25(17-23)20(5)6)29-26-13-9-7-11-21(26)15-22-12-8-10-14-27(22)29;1-5(2,3)4;2*1-2/h7-14,16-20H,15H2,1-6H3;1-4H3;2*1-2H3. The second-order valence-electron chi connectivity index (χ2n) is 12.6. The van der Waals surface area contributed by atoms with Gasteiger partial charge in [0.1, 0.15) is 0 Å². The van der Waals surface area contributed by atoms with E-state index in [1.807, 2.05) is 27.7 Å². The molecule has 1 heterocycles. The summed E-state index contributed by atoms with van der Waals surface area (Å²) >= 11 is 0. The molecule has 38 heavy (non-hydrogen) atoms. The van der Waals surface area contributed by atoms with Crippen LogP contribution in [0.5, 0.6) is 0 Å². The Morgan fingerprint density at radius 1 is 0.579 bits per heavy atom. The van der Waals surface area contributed by atoms with Gasteiger partial charge in [-0.3, -0.25) is 0 Å². The van der Waals surface area contributed by atoms with Crippen molar-refractivity contribution in [3.63, 3.8) is 0 Å². The van der Waals surface area contributed by atoms with Crippen LogP contribution in [0.2, 0.25) is 0 Å². The van der Waals surface area contributed by atoms with Crippen molar-refractivity contribution in [1.29, 1.82) is 0 Å². The third-order valence-corrected chi connectivity index (χ3v) is 6.58. The van der Waals surface area contributed by atoms with E-state index in [1.165, 1.54) is 38.7 Å². The minimum Gasteiger partial charge on any atom is -0.0683 e. The third kappa shape index (κ3) is 8.89. The largest absolute Gasteiger partial charge is 0.242 e. The van der Waals surface area contributed by atoms with Crippen molar-refractivity contribution < 1.29 is 0 Å². The lowest BCUT2D eigenvalue weighted by atomic mass is 9.32. The molecular weight excluding hydrogens is 455 g/mol. The fourth-order valence-electron chi connectivity index (χ4n) is 4.98. The van der Waals surface area contributed by atoms with E-state index in [1.54, 1.807) is 5.46 Å². The summed E-state index contributed by atoms with van der Waals surface area (Å²) in [6.45, 7) is 31.1. The lowest BCUT2D eigenvalue weighted by Crippen LogP contribution is -2.59. The summed E-state index contributed by atoms with van der Waals surface area (Å²) in [5.41, 5.74) is 12.5. The smallest absolute Gasteiger partial charge is 0.0683 e. The highest BCUT2D eigenvalue weighted by Gasteiger charge is 2.34. The van der Waals surface area contributed by atoms with Crippen LogP contribution < -0.4 is 16.4 Å². The van der Waals surface area contributed by atoms with Gasteiger partial charge in [0.25, 0.3) is 0 Å². The first-order valence-electron chi connectivity index (χ1n) is 15.2. The van der Waals surface area contributed by atoms with Crippen LogP contribution in [-0.2, 0) is 6.42 Å². The van der Waals surface area contributed by atoms with E-state index in [0.29, 0.717) is 29.9 Å². The Kier molecular flexibility index (Phi) is 13.6. The fourth-order valence-corrected chi connectivity index (χ4v) is 4.98. The maximum absolute atomic E-state index is 2.50. The predicted octanol–water partition coefficient (Wildman–Crippen LogP) is 9.58. The Bertz CT molecular complexity index is 1030. The monoisotopic (exact) mass is 512 g/mol. The molecule has 208 valence electrons. The van der Waals surface area contributed by atoms with Crippen LogP contribution in [0.1, 0.15) is 143 Å². The summed E-state index contributed by atoms with van der Waals surface area (Å²) in [4.78, 5) is 0. The van der Waals surface area contributed by atoms with Crippen molar-refractivity contribution in [2.45, 2.75) is 121 Å². The molecule has 0 amide bonds. The van der Waals surface area contributed by atoms with Crippen LogP contribution in [0.3, 0.4) is 0 Å². The van der Waals surface area contributed by atoms with E-state index in [2.05, 4.69) is 130 Å². The van der Waals surface area contributed by atoms with Crippen LogP contribution in [0.15, 0.2) is 60.7 Å². The molecule has 0 fully saturated rings. The molecule has 1 aliphatic heterocycles. The zero-order valence-corrected chi connectivity index (χ0v) is 27.3. The predicted molar refractivity (Wildman–Crippen MR) is 177 cm³/mol. The van der Waals surface area contributed by atoms with E-state index in [9.17, 15) is 0 Å². The molecule has 0 N–H and O–H groups in total. The average molecular weight is 513 g/mol. The quantitative estimate of drug-likeness (QED) is 0.239. The van der Waals surface area contributed by atoms with Crippen LogP contribution >= 0.6 is 0 Å². The molecule has 0 bridgehead atoms. The Hall–Kier alpha value is -2.28. The highest BCUT2D eigenvalue weighted by Crippen LogP contribution is 2.27. The van der Waals surface area contributed by atoms with Gasteiger partial charge in [0, 0.05) is 0 Å². The van der Waals surface area contributed by atoms with Gasteiger partial charge in [-0.05, 0) is 57.4 Å². The van der Waals surface area contributed by atoms with Gasteiger partial charge in [0.2, 0.25) is 6.71 Å². The fraction of sp³-hybridized carbons (Fsp3) is 0.514. The molecule has 0 aliphatic carbocycles. The van der Waals surface area contributed by atoms with Crippen molar-refractivity contribution >= 4 is 23.1 Å². The molecule has 4 rings (SSSR count). The summed E-state index contributed by atoms with van der Waals surface area (Å²) in [7, 11) is 0. The molecule has 1 heteroatoms. The molecule has 0 unspecified atom stereocenters.